The average Bonchev–Trinajstić information content (AvgIpc) is 2.48. The van der Waals surface area contributed by atoms with Crippen LogP contribution >= 0.6 is 11.6 Å². The van der Waals surface area contributed by atoms with Gasteiger partial charge in [-0.3, -0.25) is 4.79 Å². The summed E-state index contributed by atoms with van der Waals surface area (Å²) in [6.07, 6.45) is 1.32. The Bertz CT molecular complexity index is 643. The van der Waals surface area contributed by atoms with Crippen molar-refractivity contribution in [2.45, 2.75) is 26.7 Å². The van der Waals surface area contributed by atoms with Crippen LogP contribution < -0.4 is 10.6 Å². The third kappa shape index (κ3) is 6.24. The third-order valence-electron chi connectivity index (χ3n) is 3.13. The molecule has 2 aromatic rings. The Morgan fingerprint density at radius 3 is 2.57 bits per heavy atom. The Hall–Kier alpha value is -2.14. The Morgan fingerprint density at radius 2 is 1.91 bits per heavy atom. The summed E-state index contributed by atoms with van der Waals surface area (Å²) in [5, 5.41) is 14.7. The minimum absolute atomic E-state index is 0.0454. The summed E-state index contributed by atoms with van der Waals surface area (Å²) in [5.74, 6) is 1.41. The maximum atomic E-state index is 11.7. The summed E-state index contributed by atoms with van der Waals surface area (Å²) >= 11 is 5.95. The molecule has 0 aliphatic carbocycles. The van der Waals surface area contributed by atoms with Crippen molar-refractivity contribution in [1.29, 1.82) is 0 Å². The first-order valence-corrected chi connectivity index (χ1v) is 8.02. The zero-order valence-corrected chi connectivity index (χ0v) is 14.1. The molecule has 5 nitrogen and oxygen atoms in total. The van der Waals surface area contributed by atoms with Gasteiger partial charge in [0.15, 0.2) is 5.82 Å². The SMILES string of the molecule is CC(C)CC(=O)Nc1ccc(NCCc2cccc(Cl)c2)nn1. The van der Waals surface area contributed by atoms with E-state index in [4.69, 9.17) is 11.6 Å². The van der Waals surface area contributed by atoms with E-state index in [9.17, 15) is 4.79 Å². The van der Waals surface area contributed by atoms with E-state index in [2.05, 4.69) is 20.8 Å². The van der Waals surface area contributed by atoms with Gasteiger partial charge < -0.3 is 10.6 Å². The summed E-state index contributed by atoms with van der Waals surface area (Å²) in [4.78, 5) is 11.7. The number of aromatic nitrogens is 2. The third-order valence-corrected chi connectivity index (χ3v) is 3.37. The zero-order valence-electron chi connectivity index (χ0n) is 13.3. The van der Waals surface area contributed by atoms with Crippen molar-refractivity contribution in [3.8, 4) is 0 Å². The molecule has 0 unspecified atom stereocenters. The number of amides is 1. The molecule has 122 valence electrons. The molecule has 0 saturated carbocycles. The van der Waals surface area contributed by atoms with Crippen LogP contribution in [0.25, 0.3) is 0 Å². The molecule has 0 aliphatic heterocycles. The minimum Gasteiger partial charge on any atom is -0.368 e. The molecule has 1 heterocycles. The number of nitrogens with zero attached hydrogens (tertiary/aromatic N) is 2. The fourth-order valence-corrected chi connectivity index (χ4v) is 2.30. The molecule has 0 saturated heterocycles. The van der Waals surface area contributed by atoms with E-state index < -0.39 is 0 Å². The van der Waals surface area contributed by atoms with E-state index in [1.54, 1.807) is 12.1 Å². The van der Waals surface area contributed by atoms with Crippen LogP contribution in [0.1, 0.15) is 25.8 Å². The molecule has 1 aromatic heterocycles. The molecular weight excluding hydrogens is 312 g/mol. The van der Waals surface area contributed by atoms with Crippen LogP contribution in [0.3, 0.4) is 0 Å². The lowest BCUT2D eigenvalue weighted by Gasteiger charge is -2.08. The predicted octanol–water partition coefficient (Wildman–Crippen LogP) is 3.77. The van der Waals surface area contributed by atoms with E-state index in [1.807, 2.05) is 38.1 Å². The fourth-order valence-electron chi connectivity index (χ4n) is 2.09. The van der Waals surface area contributed by atoms with Crippen LogP contribution in [0, 0.1) is 5.92 Å². The van der Waals surface area contributed by atoms with E-state index in [1.165, 1.54) is 0 Å². The van der Waals surface area contributed by atoms with Gasteiger partial charge in [0.05, 0.1) is 0 Å². The number of halogens is 1. The summed E-state index contributed by atoms with van der Waals surface area (Å²) in [7, 11) is 0. The highest BCUT2D eigenvalue weighted by Crippen LogP contribution is 2.12. The monoisotopic (exact) mass is 332 g/mol. The Labute approximate surface area is 141 Å². The maximum absolute atomic E-state index is 11.7. The topological polar surface area (TPSA) is 66.9 Å². The van der Waals surface area contributed by atoms with Gasteiger partial charge in [-0.1, -0.05) is 37.6 Å². The number of anilines is 2. The molecular formula is C17H21ClN4O. The van der Waals surface area contributed by atoms with Gasteiger partial charge in [-0.05, 0) is 42.2 Å². The first-order chi connectivity index (χ1) is 11.0. The molecule has 2 rings (SSSR count). The van der Waals surface area contributed by atoms with Crippen molar-refractivity contribution in [2.75, 3.05) is 17.2 Å². The Kier molecular flexibility index (Phi) is 6.35. The van der Waals surface area contributed by atoms with Gasteiger partial charge in [-0.25, -0.2) is 0 Å². The number of hydrogen-bond acceptors (Lipinski definition) is 4. The van der Waals surface area contributed by atoms with Crippen LogP contribution in [0.2, 0.25) is 5.02 Å². The van der Waals surface area contributed by atoms with Crippen molar-refractivity contribution in [1.82, 2.24) is 10.2 Å². The molecule has 0 aliphatic rings. The maximum Gasteiger partial charge on any atom is 0.225 e. The number of carbonyl (C=O) groups is 1. The Balaban J connectivity index is 1.79. The highest BCUT2D eigenvalue weighted by Gasteiger charge is 2.06. The highest BCUT2D eigenvalue weighted by molar-refractivity contribution is 6.30. The predicted molar refractivity (Wildman–Crippen MR) is 93.8 cm³/mol. The number of hydrogen-bond donors (Lipinski definition) is 2. The van der Waals surface area contributed by atoms with Crippen LogP contribution in [-0.4, -0.2) is 22.6 Å². The minimum atomic E-state index is -0.0454. The summed E-state index contributed by atoms with van der Waals surface area (Å²) < 4.78 is 0. The number of nitrogens with one attached hydrogen (secondary N) is 2. The lowest BCUT2D eigenvalue weighted by molar-refractivity contribution is -0.116. The van der Waals surface area contributed by atoms with Crippen molar-refractivity contribution in [3.05, 3.63) is 47.0 Å². The molecule has 0 atom stereocenters. The van der Waals surface area contributed by atoms with Crippen LogP contribution in [0.5, 0.6) is 0 Å². The van der Waals surface area contributed by atoms with Gasteiger partial charge in [0.2, 0.25) is 5.91 Å². The van der Waals surface area contributed by atoms with E-state index in [0.29, 0.717) is 24.0 Å². The average molecular weight is 333 g/mol. The Morgan fingerprint density at radius 1 is 1.17 bits per heavy atom. The molecule has 6 heteroatoms. The number of rotatable bonds is 7. The molecule has 0 fully saturated rings. The van der Waals surface area contributed by atoms with Crippen molar-refractivity contribution in [2.24, 2.45) is 5.92 Å². The summed E-state index contributed by atoms with van der Waals surface area (Å²) in [5.41, 5.74) is 1.16. The van der Waals surface area contributed by atoms with Crippen molar-refractivity contribution < 1.29 is 4.79 Å². The van der Waals surface area contributed by atoms with Crippen molar-refractivity contribution in [3.63, 3.8) is 0 Å². The van der Waals surface area contributed by atoms with Gasteiger partial charge in [-0.2, -0.15) is 0 Å². The fraction of sp³-hybridized carbons (Fsp3) is 0.353. The van der Waals surface area contributed by atoms with E-state index in [0.717, 1.165) is 23.6 Å². The van der Waals surface area contributed by atoms with E-state index in [-0.39, 0.29) is 5.91 Å². The van der Waals surface area contributed by atoms with Crippen LogP contribution in [-0.2, 0) is 11.2 Å². The largest absolute Gasteiger partial charge is 0.368 e. The standard InChI is InChI=1S/C17H21ClN4O/c1-12(2)10-17(23)20-16-7-6-15(21-22-16)19-9-8-13-4-3-5-14(18)11-13/h3-7,11-12H,8-10H2,1-2H3,(H,19,21)(H,20,22,23). The molecule has 1 amide bonds. The highest BCUT2D eigenvalue weighted by atomic mass is 35.5. The van der Waals surface area contributed by atoms with Gasteiger partial charge in [0.25, 0.3) is 0 Å². The van der Waals surface area contributed by atoms with E-state index >= 15 is 0 Å². The molecule has 0 spiro atoms. The second-order valence-electron chi connectivity index (χ2n) is 5.76. The lowest BCUT2D eigenvalue weighted by atomic mass is 10.1. The quantitative estimate of drug-likeness (QED) is 0.810. The lowest BCUT2D eigenvalue weighted by Crippen LogP contribution is -2.15. The zero-order chi connectivity index (χ0) is 16.7. The van der Waals surface area contributed by atoms with Crippen LogP contribution in [0.15, 0.2) is 36.4 Å². The van der Waals surface area contributed by atoms with Gasteiger partial charge in [0.1, 0.15) is 5.82 Å². The first-order valence-electron chi connectivity index (χ1n) is 7.65. The second kappa shape index (κ2) is 8.48. The van der Waals surface area contributed by atoms with Gasteiger partial charge in [0, 0.05) is 18.0 Å². The molecule has 0 bridgehead atoms. The van der Waals surface area contributed by atoms with Gasteiger partial charge >= 0.3 is 0 Å². The smallest absolute Gasteiger partial charge is 0.225 e. The van der Waals surface area contributed by atoms with Gasteiger partial charge in [-0.15, -0.1) is 10.2 Å². The molecule has 0 radical (unpaired) electrons. The first kappa shape index (κ1) is 17.2. The van der Waals surface area contributed by atoms with Crippen molar-refractivity contribution >= 4 is 29.1 Å². The summed E-state index contributed by atoms with van der Waals surface area (Å²) in [6.45, 7) is 4.73. The summed E-state index contributed by atoms with van der Waals surface area (Å²) in [6, 6.07) is 11.3. The number of carbonyl (C=O) groups excluding carboxylic acids is 1. The molecule has 2 N–H and O–H groups in total. The molecule has 1 aromatic carbocycles. The van der Waals surface area contributed by atoms with Crippen LogP contribution in [0.4, 0.5) is 11.6 Å². The number of benzene rings is 1. The molecule has 23 heavy (non-hydrogen) atoms. The second-order valence-corrected chi connectivity index (χ2v) is 6.19. The normalized spacial score (nSPS) is 10.6.